The standard InChI is InChI=1S/C15H16Cl2N2O3/c16-10-3-1-5-12(14(10)17)22-9-7-19(8-9)15(21)11-4-2-6-13(20)18-11/h1,3,5,9,11H,2,4,6-8H2,(H,18,20)/t11-/m1/s1. The number of piperidine rings is 1. The first kappa shape index (κ1) is 15.4. The molecule has 7 heteroatoms. The summed E-state index contributed by atoms with van der Waals surface area (Å²) in [5.74, 6) is 0.436. The zero-order valence-corrected chi connectivity index (χ0v) is 13.4. The van der Waals surface area contributed by atoms with Crippen molar-refractivity contribution in [1.82, 2.24) is 10.2 Å². The Morgan fingerprint density at radius 1 is 1.32 bits per heavy atom. The molecule has 1 aromatic rings. The normalized spacial score (nSPS) is 22.0. The second-order valence-electron chi connectivity index (χ2n) is 5.55. The van der Waals surface area contributed by atoms with Crippen LogP contribution in [-0.2, 0) is 9.59 Å². The van der Waals surface area contributed by atoms with Gasteiger partial charge in [-0.25, -0.2) is 0 Å². The van der Waals surface area contributed by atoms with Gasteiger partial charge in [0.2, 0.25) is 11.8 Å². The minimum Gasteiger partial charge on any atom is -0.485 e. The molecule has 2 aliphatic heterocycles. The third kappa shape index (κ3) is 3.15. The molecular weight excluding hydrogens is 327 g/mol. The summed E-state index contributed by atoms with van der Waals surface area (Å²) >= 11 is 12.0. The van der Waals surface area contributed by atoms with Crippen LogP contribution in [0.5, 0.6) is 5.75 Å². The first-order chi connectivity index (χ1) is 10.5. The first-order valence-electron chi connectivity index (χ1n) is 7.23. The van der Waals surface area contributed by atoms with Crippen LogP contribution in [0.2, 0.25) is 10.0 Å². The maximum absolute atomic E-state index is 12.3. The molecule has 2 fully saturated rings. The maximum atomic E-state index is 12.3. The molecule has 0 aliphatic carbocycles. The van der Waals surface area contributed by atoms with Gasteiger partial charge in [-0.2, -0.15) is 0 Å². The van der Waals surface area contributed by atoms with Crippen molar-refractivity contribution in [2.75, 3.05) is 13.1 Å². The average molecular weight is 343 g/mol. The predicted molar refractivity (Wildman–Crippen MR) is 83.2 cm³/mol. The highest BCUT2D eigenvalue weighted by molar-refractivity contribution is 6.42. The lowest BCUT2D eigenvalue weighted by Gasteiger charge is -2.41. The zero-order chi connectivity index (χ0) is 15.7. The number of nitrogens with one attached hydrogen (secondary N) is 1. The topological polar surface area (TPSA) is 58.6 Å². The molecule has 2 amide bonds. The van der Waals surface area contributed by atoms with E-state index in [-0.39, 0.29) is 17.9 Å². The summed E-state index contributed by atoms with van der Waals surface area (Å²) in [5, 5.41) is 3.56. The number of hydrogen-bond acceptors (Lipinski definition) is 3. The van der Waals surface area contributed by atoms with Crippen LogP contribution in [0.25, 0.3) is 0 Å². The lowest BCUT2D eigenvalue weighted by atomic mass is 10.0. The van der Waals surface area contributed by atoms with Crippen LogP contribution >= 0.6 is 23.2 Å². The molecule has 0 saturated carbocycles. The van der Waals surface area contributed by atoms with Gasteiger partial charge in [-0.05, 0) is 25.0 Å². The van der Waals surface area contributed by atoms with E-state index in [1.165, 1.54) is 0 Å². The smallest absolute Gasteiger partial charge is 0.245 e. The zero-order valence-electron chi connectivity index (χ0n) is 11.9. The summed E-state index contributed by atoms with van der Waals surface area (Å²) in [6, 6.07) is 4.82. The van der Waals surface area contributed by atoms with Crippen molar-refractivity contribution in [3.8, 4) is 5.75 Å². The molecule has 22 heavy (non-hydrogen) atoms. The van der Waals surface area contributed by atoms with Gasteiger partial charge in [-0.1, -0.05) is 29.3 Å². The van der Waals surface area contributed by atoms with Crippen molar-refractivity contribution in [2.24, 2.45) is 0 Å². The Morgan fingerprint density at radius 3 is 2.82 bits per heavy atom. The van der Waals surface area contributed by atoms with E-state index in [0.29, 0.717) is 41.7 Å². The number of rotatable bonds is 3. The number of amides is 2. The molecule has 1 N–H and O–H groups in total. The van der Waals surface area contributed by atoms with Crippen molar-refractivity contribution in [2.45, 2.75) is 31.4 Å². The largest absolute Gasteiger partial charge is 0.485 e. The number of hydrogen-bond donors (Lipinski definition) is 1. The van der Waals surface area contributed by atoms with Gasteiger partial charge in [-0.3, -0.25) is 9.59 Å². The van der Waals surface area contributed by atoms with Crippen molar-refractivity contribution < 1.29 is 14.3 Å². The lowest BCUT2D eigenvalue weighted by molar-refractivity contribution is -0.145. The van der Waals surface area contributed by atoms with E-state index in [1.807, 2.05) is 0 Å². The van der Waals surface area contributed by atoms with Gasteiger partial charge in [0.05, 0.1) is 18.1 Å². The Kier molecular flexibility index (Phi) is 4.45. The minimum absolute atomic E-state index is 0.0370. The number of ether oxygens (including phenoxy) is 1. The SMILES string of the molecule is O=C1CCC[C@H](C(=O)N2CC(Oc3cccc(Cl)c3Cl)C2)N1. The molecule has 0 aromatic heterocycles. The average Bonchev–Trinajstić information content (AvgIpc) is 2.46. The van der Waals surface area contributed by atoms with E-state index < -0.39 is 6.04 Å². The van der Waals surface area contributed by atoms with Gasteiger partial charge in [0, 0.05) is 6.42 Å². The summed E-state index contributed by atoms with van der Waals surface area (Å²) in [5.41, 5.74) is 0. The van der Waals surface area contributed by atoms with Gasteiger partial charge in [0.25, 0.3) is 0 Å². The summed E-state index contributed by atoms with van der Waals surface area (Å²) in [6.45, 7) is 0.988. The van der Waals surface area contributed by atoms with Crippen molar-refractivity contribution >= 4 is 35.0 Å². The van der Waals surface area contributed by atoms with E-state index >= 15 is 0 Å². The van der Waals surface area contributed by atoms with Gasteiger partial charge < -0.3 is 15.0 Å². The Bertz CT molecular complexity index is 602. The van der Waals surface area contributed by atoms with Crippen LogP contribution in [0.4, 0.5) is 0 Å². The molecule has 3 rings (SSSR count). The number of carbonyl (C=O) groups excluding carboxylic acids is 2. The van der Waals surface area contributed by atoms with E-state index in [2.05, 4.69) is 5.32 Å². The second-order valence-corrected chi connectivity index (χ2v) is 6.33. The van der Waals surface area contributed by atoms with Crippen molar-refractivity contribution in [3.63, 3.8) is 0 Å². The van der Waals surface area contributed by atoms with Crippen molar-refractivity contribution in [3.05, 3.63) is 28.2 Å². The number of benzene rings is 1. The molecule has 0 spiro atoms. The van der Waals surface area contributed by atoms with Crippen molar-refractivity contribution in [1.29, 1.82) is 0 Å². The van der Waals surface area contributed by atoms with Crippen LogP contribution in [0.3, 0.4) is 0 Å². The molecule has 118 valence electrons. The molecule has 0 unspecified atom stereocenters. The monoisotopic (exact) mass is 342 g/mol. The number of carbonyl (C=O) groups is 2. The Hall–Kier alpha value is -1.46. The second kappa shape index (κ2) is 6.34. The summed E-state index contributed by atoms with van der Waals surface area (Å²) < 4.78 is 5.75. The summed E-state index contributed by atoms with van der Waals surface area (Å²) in [6.07, 6.45) is 1.86. The third-order valence-electron chi connectivity index (χ3n) is 3.90. The van der Waals surface area contributed by atoms with E-state index in [4.69, 9.17) is 27.9 Å². The van der Waals surface area contributed by atoms with E-state index in [0.717, 1.165) is 6.42 Å². The molecule has 2 saturated heterocycles. The van der Waals surface area contributed by atoms with Crippen LogP contribution in [0.15, 0.2) is 18.2 Å². The van der Waals surface area contributed by atoms with Gasteiger partial charge in [0.15, 0.2) is 0 Å². The molecule has 1 aromatic carbocycles. The highest BCUT2D eigenvalue weighted by atomic mass is 35.5. The fourth-order valence-corrected chi connectivity index (χ4v) is 2.99. The highest BCUT2D eigenvalue weighted by Crippen LogP contribution is 2.33. The Balaban J connectivity index is 1.52. The molecule has 0 bridgehead atoms. The van der Waals surface area contributed by atoms with Crippen LogP contribution in [0.1, 0.15) is 19.3 Å². The molecule has 5 nitrogen and oxygen atoms in total. The van der Waals surface area contributed by atoms with Gasteiger partial charge in [-0.15, -0.1) is 0 Å². The third-order valence-corrected chi connectivity index (χ3v) is 4.70. The van der Waals surface area contributed by atoms with Crippen LogP contribution < -0.4 is 10.1 Å². The Labute approximate surface area is 138 Å². The fourth-order valence-electron chi connectivity index (χ4n) is 2.66. The molecule has 2 heterocycles. The number of likely N-dealkylation sites (tertiary alicyclic amines) is 1. The first-order valence-corrected chi connectivity index (χ1v) is 7.99. The van der Waals surface area contributed by atoms with Crippen LogP contribution in [-0.4, -0.2) is 41.9 Å². The number of halogens is 2. The fraction of sp³-hybridized carbons (Fsp3) is 0.467. The van der Waals surface area contributed by atoms with E-state index in [1.54, 1.807) is 23.1 Å². The summed E-state index contributed by atoms with van der Waals surface area (Å²) in [4.78, 5) is 25.3. The Morgan fingerprint density at radius 2 is 2.09 bits per heavy atom. The lowest BCUT2D eigenvalue weighted by Crippen LogP contribution is -2.61. The maximum Gasteiger partial charge on any atom is 0.245 e. The summed E-state index contributed by atoms with van der Waals surface area (Å²) in [7, 11) is 0. The molecule has 0 radical (unpaired) electrons. The minimum atomic E-state index is -0.392. The highest BCUT2D eigenvalue weighted by Gasteiger charge is 2.37. The van der Waals surface area contributed by atoms with Gasteiger partial charge >= 0.3 is 0 Å². The molecular formula is C15H16Cl2N2O3. The molecule has 1 atom stereocenters. The molecule has 2 aliphatic rings. The quantitative estimate of drug-likeness (QED) is 0.916. The van der Waals surface area contributed by atoms with E-state index in [9.17, 15) is 9.59 Å². The van der Waals surface area contributed by atoms with Crippen LogP contribution in [0, 0.1) is 0 Å². The predicted octanol–water partition coefficient (Wildman–Crippen LogP) is 2.25. The number of nitrogens with zero attached hydrogens (tertiary/aromatic N) is 1. The van der Waals surface area contributed by atoms with Gasteiger partial charge in [0.1, 0.15) is 22.9 Å².